The molecular formula is C23H30ClN5O2S. The summed E-state index contributed by atoms with van der Waals surface area (Å²) in [6.07, 6.45) is 3.02. The fraction of sp³-hybridized carbons (Fsp3) is 0.435. The van der Waals surface area contributed by atoms with E-state index in [0.717, 1.165) is 48.5 Å². The van der Waals surface area contributed by atoms with E-state index in [0.29, 0.717) is 11.6 Å². The fourth-order valence-electron chi connectivity index (χ4n) is 4.48. The SMILES string of the molecule is CN(C)CS(=O)(=O)NC1CCC2(CC1)Nc1ccccc1N=C2NCc1cccc(Cl)c1. The van der Waals surface area contributed by atoms with E-state index < -0.39 is 10.0 Å². The van der Waals surface area contributed by atoms with Crippen LogP contribution in [0.15, 0.2) is 53.5 Å². The average molecular weight is 476 g/mol. The molecule has 3 N–H and O–H groups in total. The van der Waals surface area contributed by atoms with Gasteiger partial charge < -0.3 is 10.6 Å². The molecule has 1 saturated carbocycles. The number of sulfonamides is 1. The van der Waals surface area contributed by atoms with E-state index in [1.807, 2.05) is 48.5 Å². The van der Waals surface area contributed by atoms with E-state index in [9.17, 15) is 8.42 Å². The van der Waals surface area contributed by atoms with Crippen LogP contribution in [0, 0.1) is 0 Å². The highest BCUT2D eigenvalue weighted by molar-refractivity contribution is 7.89. The number of hydrogen-bond acceptors (Lipinski definition) is 6. The molecular weight excluding hydrogens is 446 g/mol. The number of aliphatic imine (C=N–C) groups is 1. The third-order valence-corrected chi connectivity index (χ3v) is 7.71. The second-order valence-corrected chi connectivity index (χ2v) is 11.0. The van der Waals surface area contributed by atoms with Crippen LogP contribution < -0.4 is 15.4 Å². The van der Waals surface area contributed by atoms with Crippen molar-refractivity contribution in [3.8, 4) is 0 Å². The number of nitrogens with one attached hydrogen (secondary N) is 3. The van der Waals surface area contributed by atoms with Crippen LogP contribution in [0.5, 0.6) is 0 Å². The molecule has 0 saturated heterocycles. The number of hydrogen-bond donors (Lipinski definition) is 3. The van der Waals surface area contributed by atoms with Gasteiger partial charge >= 0.3 is 0 Å². The van der Waals surface area contributed by atoms with Gasteiger partial charge in [0.05, 0.1) is 16.9 Å². The normalized spacial score (nSPS) is 22.9. The molecule has 32 heavy (non-hydrogen) atoms. The van der Waals surface area contributed by atoms with Crippen molar-refractivity contribution in [3.63, 3.8) is 0 Å². The number of amidine groups is 1. The first-order valence-corrected chi connectivity index (χ1v) is 12.9. The molecule has 1 fully saturated rings. The predicted octanol–water partition coefficient (Wildman–Crippen LogP) is 3.71. The number of para-hydroxylation sites is 2. The van der Waals surface area contributed by atoms with Gasteiger partial charge in [-0.1, -0.05) is 35.9 Å². The molecule has 9 heteroatoms. The van der Waals surface area contributed by atoms with Crippen LogP contribution in [0.3, 0.4) is 0 Å². The van der Waals surface area contributed by atoms with Crippen molar-refractivity contribution < 1.29 is 8.42 Å². The van der Waals surface area contributed by atoms with Crippen LogP contribution in [0.2, 0.25) is 5.02 Å². The first kappa shape index (κ1) is 23.0. The van der Waals surface area contributed by atoms with Crippen LogP contribution in [0.1, 0.15) is 31.2 Å². The standard InChI is InChI=1S/C23H30ClN5O2S/c1-29(2)16-32(30,31)28-19-10-12-23(13-11-19)22(25-15-17-6-5-7-18(24)14-17)26-20-8-3-4-9-21(20)27-23/h3-9,14,19,27-28H,10-13,15-16H2,1-2H3,(H,25,26). The summed E-state index contributed by atoms with van der Waals surface area (Å²) in [5.41, 5.74) is 2.64. The number of rotatable bonds is 6. The fourth-order valence-corrected chi connectivity index (χ4v) is 6.19. The highest BCUT2D eigenvalue weighted by Crippen LogP contribution is 2.40. The highest BCUT2D eigenvalue weighted by atomic mass is 35.5. The Kier molecular flexibility index (Phi) is 6.76. The van der Waals surface area contributed by atoms with Crippen LogP contribution in [-0.2, 0) is 16.6 Å². The van der Waals surface area contributed by atoms with Crippen molar-refractivity contribution in [2.45, 2.75) is 43.8 Å². The van der Waals surface area contributed by atoms with E-state index in [-0.39, 0.29) is 17.5 Å². The number of halogens is 1. The Hall–Kier alpha value is -2.13. The van der Waals surface area contributed by atoms with Gasteiger partial charge in [0.1, 0.15) is 11.7 Å². The van der Waals surface area contributed by atoms with E-state index in [4.69, 9.17) is 16.6 Å². The molecule has 7 nitrogen and oxygen atoms in total. The molecule has 0 amide bonds. The van der Waals surface area contributed by atoms with Crippen LogP contribution in [0.25, 0.3) is 0 Å². The van der Waals surface area contributed by atoms with Gasteiger partial charge in [0.15, 0.2) is 0 Å². The quantitative estimate of drug-likeness (QED) is 0.593. The van der Waals surface area contributed by atoms with Crippen molar-refractivity contribution in [3.05, 3.63) is 59.1 Å². The van der Waals surface area contributed by atoms with Crippen molar-refractivity contribution in [2.24, 2.45) is 4.99 Å². The lowest BCUT2D eigenvalue weighted by atomic mass is 9.77. The maximum atomic E-state index is 12.4. The van der Waals surface area contributed by atoms with Gasteiger partial charge in [-0.25, -0.2) is 18.1 Å². The summed E-state index contributed by atoms with van der Waals surface area (Å²) >= 11 is 6.15. The number of nitrogens with zero attached hydrogens (tertiary/aromatic N) is 2. The van der Waals surface area contributed by atoms with Crippen molar-refractivity contribution >= 4 is 38.8 Å². The van der Waals surface area contributed by atoms with Gasteiger partial charge in [-0.3, -0.25) is 4.90 Å². The molecule has 0 radical (unpaired) electrons. The zero-order chi connectivity index (χ0) is 22.8. The zero-order valence-electron chi connectivity index (χ0n) is 18.4. The Balaban J connectivity index is 1.51. The maximum absolute atomic E-state index is 12.4. The van der Waals surface area contributed by atoms with Crippen LogP contribution in [-0.4, -0.2) is 50.7 Å². The van der Waals surface area contributed by atoms with E-state index in [1.54, 1.807) is 19.0 Å². The van der Waals surface area contributed by atoms with Gasteiger partial charge in [0.25, 0.3) is 0 Å². The highest BCUT2D eigenvalue weighted by Gasteiger charge is 2.43. The van der Waals surface area contributed by atoms with Crippen molar-refractivity contribution in [1.29, 1.82) is 0 Å². The molecule has 1 spiro atoms. The van der Waals surface area contributed by atoms with Gasteiger partial charge in [0, 0.05) is 17.6 Å². The van der Waals surface area contributed by atoms with Gasteiger partial charge in [-0.2, -0.15) is 0 Å². The molecule has 2 aromatic rings. The molecule has 1 heterocycles. The average Bonchev–Trinajstić information content (AvgIpc) is 2.73. The minimum Gasteiger partial charge on any atom is -0.371 e. The summed E-state index contributed by atoms with van der Waals surface area (Å²) in [7, 11) is 0.175. The topological polar surface area (TPSA) is 85.8 Å². The van der Waals surface area contributed by atoms with Crippen molar-refractivity contribution in [1.82, 2.24) is 14.9 Å². The van der Waals surface area contributed by atoms with Gasteiger partial charge in [-0.15, -0.1) is 0 Å². The predicted molar refractivity (Wildman–Crippen MR) is 131 cm³/mol. The molecule has 1 aliphatic carbocycles. The minimum absolute atomic E-state index is 0.00579. The third-order valence-electron chi connectivity index (χ3n) is 5.93. The number of anilines is 1. The summed E-state index contributed by atoms with van der Waals surface area (Å²) < 4.78 is 27.6. The Bertz CT molecular complexity index is 1100. The molecule has 4 rings (SSSR count). The molecule has 172 valence electrons. The largest absolute Gasteiger partial charge is 0.371 e. The lowest BCUT2D eigenvalue weighted by Gasteiger charge is -2.44. The molecule has 0 unspecified atom stereocenters. The Morgan fingerprint density at radius 2 is 1.91 bits per heavy atom. The third kappa shape index (κ3) is 5.43. The summed E-state index contributed by atoms with van der Waals surface area (Å²) in [4.78, 5) is 6.63. The molecule has 0 atom stereocenters. The number of fused-ring (bicyclic) bond motifs is 1. The monoisotopic (exact) mass is 475 g/mol. The first-order valence-electron chi connectivity index (χ1n) is 10.8. The van der Waals surface area contributed by atoms with Crippen molar-refractivity contribution in [2.75, 3.05) is 25.3 Å². The molecule has 2 aliphatic rings. The Morgan fingerprint density at radius 1 is 1.16 bits per heavy atom. The molecule has 0 aromatic heterocycles. The maximum Gasteiger partial charge on any atom is 0.225 e. The van der Waals surface area contributed by atoms with E-state index in [2.05, 4.69) is 15.4 Å². The minimum atomic E-state index is -3.34. The first-order chi connectivity index (χ1) is 15.2. The molecule has 2 aromatic carbocycles. The summed E-state index contributed by atoms with van der Waals surface area (Å²) in [6.45, 7) is 0.615. The summed E-state index contributed by atoms with van der Waals surface area (Å²) in [6, 6.07) is 15.7. The molecule has 1 aliphatic heterocycles. The second kappa shape index (κ2) is 9.39. The Labute approximate surface area is 195 Å². The second-order valence-electron chi connectivity index (χ2n) is 8.88. The lowest BCUT2D eigenvalue weighted by molar-refractivity contribution is 0.340. The Morgan fingerprint density at radius 3 is 2.62 bits per heavy atom. The van der Waals surface area contributed by atoms with Crippen LogP contribution >= 0.6 is 11.6 Å². The van der Waals surface area contributed by atoms with Gasteiger partial charge in [-0.05, 0) is 69.6 Å². The summed E-state index contributed by atoms with van der Waals surface area (Å²) in [5, 5.41) is 7.97. The van der Waals surface area contributed by atoms with E-state index >= 15 is 0 Å². The smallest absolute Gasteiger partial charge is 0.225 e. The summed E-state index contributed by atoms with van der Waals surface area (Å²) in [5.74, 6) is 0.888. The lowest BCUT2D eigenvalue weighted by Crippen LogP contribution is -2.57. The van der Waals surface area contributed by atoms with Gasteiger partial charge in [0.2, 0.25) is 10.0 Å². The zero-order valence-corrected chi connectivity index (χ0v) is 20.0. The van der Waals surface area contributed by atoms with E-state index in [1.165, 1.54) is 0 Å². The number of benzene rings is 2. The van der Waals surface area contributed by atoms with Crippen LogP contribution in [0.4, 0.5) is 11.4 Å². The molecule has 0 bridgehead atoms.